The molecule has 0 atom stereocenters. The number of methoxy groups -OCH3 is 2. The third-order valence-corrected chi connectivity index (χ3v) is 9.84. The molecule has 5 N–H and O–H groups in total. The van der Waals surface area contributed by atoms with Gasteiger partial charge in [0.2, 0.25) is 0 Å². The molecular formula is C34H35N5O10S2. The average molecular weight is 738 g/mol. The van der Waals surface area contributed by atoms with Gasteiger partial charge in [-0.05, 0) is 85.6 Å². The predicted molar refractivity (Wildman–Crippen MR) is 187 cm³/mol. The van der Waals surface area contributed by atoms with Crippen LogP contribution in [0.25, 0.3) is 0 Å². The Bertz CT molecular complexity index is 2120. The molecule has 268 valence electrons. The molecule has 0 heterocycles. The Morgan fingerprint density at radius 2 is 1.04 bits per heavy atom. The van der Waals surface area contributed by atoms with Crippen LogP contribution in [0.4, 0.5) is 10.5 Å². The summed E-state index contributed by atoms with van der Waals surface area (Å²) in [7, 11) is -3.90. The van der Waals surface area contributed by atoms with Crippen molar-refractivity contribution in [2.75, 3.05) is 26.6 Å². The lowest BCUT2D eigenvalue weighted by atomic mass is 10.2. The van der Waals surface area contributed by atoms with Crippen molar-refractivity contribution in [3.63, 3.8) is 0 Å². The first-order valence-corrected chi connectivity index (χ1v) is 18.1. The molecular weight excluding hydrogens is 703 g/mol. The summed E-state index contributed by atoms with van der Waals surface area (Å²) >= 11 is 0. The summed E-state index contributed by atoms with van der Waals surface area (Å²) in [6.45, 7) is 0. The first-order chi connectivity index (χ1) is 24.3. The lowest BCUT2D eigenvalue weighted by Crippen LogP contribution is -2.31. The summed E-state index contributed by atoms with van der Waals surface area (Å²) in [5.41, 5.74) is 0.992. The smallest absolute Gasteiger partial charge is 0.318 e. The zero-order chi connectivity index (χ0) is 37.2. The Labute approximate surface area is 294 Å². The standard InChI is InChI=1S/C18H18N2O5S.C16H17N3O5S/c1-25-16-5-3-2-4-15(16)18(22)20-26(23,24)14-10-6-12(7-11-14)17(21)19-13-8-9-13;1-17-16(21)18-11-7-9-12(10-8-11)25(22,23)19-15(20)13-5-3-4-6-14(13)24-2/h2-7,10-11,13H,8-9H2,1H3,(H,19,21)(H,20,22);3-10H,1-2H3,(H,19,20)(H2,17,18,21). The number of hydrogen-bond acceptors (Lipinski definition) is 10. The molecule has 0 aromatic heterocycles. The summed E-state index contributed by atoms with van der Waals surface area (Å²) in [5.74, 6) is -1.30. The van der Waals surface area contributed by atoms with Gasteiger partial charge in [0.1, 0.15) is 11.5 Å². The van der Waals surface area contributed by atoms with Crippen molar-refractivity contribution in [2.24, 2.45) is 0 Å². The highest BCUT2D eigenvalue weighted by atomic mass is 32.2. The third-order valence-electron chi connectivity index (χ3n) is 7.15. The first kappa shape index (κ1) is 37.9. The van der Waals surface area contributed by atoms with Crippen LogP contribution in [0.5, 0.6) is 11.5 Å². The van der Waals surface area contributed by atoms with E-state index in [-0.39, 0.29) is 44.4 Å². The van der Waals surface area contributed by atoms with Gasteiger partial charge in [0.05, 0.1) is 35.1 Å². The second-order valence-corrected chi connectivity index (χ2v) is 14.1. The van der Waals surface area contributed by atoms with Crippen LogP contribution in [-0.4, -0.2) is 67.9 Å². The van der Waals surface area contributed by atoms with Gasteiger partial charge in [-0.3, -0.25) is 14.4 Å². The van der Waals surface area contributed by atoms with Crippen LogP contribution in [0, 0.1) is 0 Å². The van der Waals surface area contributed by atoms with E-state index in [0.717, 1.165) is 12.8 Å². The lowest BCUT2D eigenvalue weighted by molar-refractivity contribution is 0.0947. The van der Waals surface area contributed by atoms with Crippen molar-refractivity contribution in [3.8, 4) is 11.5 Å². The molecule has 1 saturated carbocycles. The van der Waals surface area contributed by atoms with Crippen LogP contribution in [0.1, 0.15) is 43.9 Å². The maximum Gasteiger partial charge on any atom is 0.318 e. The molecule has 1 fully saturated rings. The van der Waals surface area contributed by atoms with Crippen molar-refractivity contribution in [3.05, 3.63) is 114 Å². The van der Waals surface area contributed by atoms with E-state index in [1.807, 2.05) is 9.44 Å². The van der Waals surface area contributed by atoms with Crippen LogP contribution in [0.2, 0.25) is 0 Å². The summed E-state index contributed by atoms with van der Waals surface area (Å²) in [6.07, 6.45) is 1.93. The number of benzene rings is 4. The minimum atomic E-state index is -4.07. The van der Waals surface area contributed by atoms with E-state index in [1.54, 1.807) is 36.4 Å². The van der Waals surface area contributed by atoms with E-state index in [1.165, 1.54) is 81.9 Å². The Morgan fingerprint density at radius 3 is 1.45 bits per heavy atom. The topological polar surface area (TPSA) is 215 Å². The van der Waals surface area contributed by atoms with Crippen molar-refractivity contribution in [2.45, 2.75) is 28.7 Å². The second-order valence-electron chi connectivity index (χ2n) is 10.8. The van der Waals surface area contributed by atoms with Crippen LogP contribution in [-0.2, 0) is 20.0 Å². The highest BCUT2D eigenvalue weighted by molar-refractivity contribution is 7.90. The van der Waals surface area contributed by atoms with E-state index in [4.69, 9.17) is 9.47 Å². The van der Waals surface area contributed by atoms with Crippen LogP contribution in [0.15, 0.2) is 107 Å². The largest absolute Gasteiger partial charge is 0.496 e. The molecule has 0 spiro atoms. The molecule has 0 unspecified atom stereocenters. The fraction of sp³-hybridized carbons (Fsp3) is 0.176. The zero-order valence-corrected chi connectivity index (χ0v) is 29.3. The number of para-hydroxylation sites is 2. The monoisotopic (exact) mass is 737 g/mol. The fourth-order valence-corrected chi connectivity index (χ4v) is 6.26. The number of rotatable bonds is 11. The number of hydrogen-bond donors (Lipinski definition) is 5. The zero-order valence-electron chi connectivity index (χ0n) is 27.6. The van der Waals surface area contributed by atoms with Crippen molar-refractivity contribution < 1.29 is 45.5 Å². The Kier molecular flexibility index (Phi) is 12.4. The first-order valence-electron chi connectivity index (χ1n) is 15.2. The quantitative estimate of drug-likeness (QED) is 0.151. The van der Waals surface area contributed by atoms with E-state index in [0.29, 0.717) is 11.3 Å². The number of carbonyl (C=O) groups excluding carboxylic acids is 4. The number of ether oxygens (including phenoxy) is 2. The van der Waals surface area contributed by atoms with Gasteiger partial charge < -0.3 is 25.4 Å². The SMILES string of the molecule is CNC(=O)Nc1ccc(S(=O)(=O)NC(=O)c2ccccc2OC)cc1.COc1ccccc1C(=O)NS(=O)(=O)c1ccc(C(=O)NC2CC2)cc1. The molecule has 51 heavy (non-hydrogen) atoms. The van der Waals surface area contributed by atoms with E-state index in [9.17, 15) is 36.0 Å². The molecule has 0 aliphatic heterocycles. The molecule has 0 bridgehead atoms. The Hall–Kier alpha value is -5.94. The van der Waals surface area contributed by atoms with Gasteiger partial charge in [-0.2, -0.15) is 0 Å². The van der Waals surface area contributed by atoms with E-state index in [2.05, 4.69) is 16.0 Å². The molecule has 1 aliphatic carbocycles. The molecule has 15 nitrogen and oxygen atoms in total. The normalized spacial score (nSPS) is 12.2. The minimum Gasteiger partial charge on any atom is -0.496 e. The van der Waals surface area contributed by atoms with Gasteiger partial charge in [-0.15, -0.1) is 0 Å². The number of sulfonamides is 2. The average Bonchev–Trinajstić information content (AvgIpc) is 3.95. The van der Waals surface area contributed by atoms with E-state index >= 15 is 0 Å². The molecule has 0 saturated heterocycles. The van der Waals surface area contributed by atoms with Crippen molar-refractivity contribution in [1.29, 1.82) is 0 Å². The van der Waals surface area contributed by atoms with Crippen molar-refractivity contribution in [1.82, 2.24) is 20.1 Å². The highest BCUT2D eigenvalue weighted by Gasteiger charge is 2.25. The Balaban J connectivity index is 0.000000229. The summed E-state index contributed by atoms with van der Waals surface area (Å²) < 4.78 is 63.6. The number of urea groups is 1. The van der Waals surface area contributed by atoms with Crippen LogP contribution in [0.3, 0.4) is 0 Å². The third kappa shape index (κ3) is 10.3. The van der Waals surface area contributed by atoms with Gasteiger partial charge in [0, 0.05) is 24.3 Å². The minimum absolute atomic E-state index is 0.103. The number of nitrogens with one attached hydrogen (secondary N) is 5. The van der Waals surface area contributed by atoms with Gasteiger partial charge in [-0.1, -0.05) is 24.3 Å². The molecule has 5 rings (SSSR count). The number of amides is 5. The van der Waals surface area contributed by atoms with Crippen molar-refractivity contribution >= 4 is 49.5 Å². The summed E-state index contributed by atoms with van der Waals surface area (Å²) in [6, 6.07) is 23.2. The molecule has 4 aromatic carbocycles. The van der Waals surface area contributed by atoms with Gasteiger partial charge in [0.15, 0.2) is 0 Å². The molecule has 5 amide bonds. The summed E-state index contributed by atoms with van der Waals surface area (Å²) in [5, 5.41) is 7.70. The number of anilines is 1. The van der Waals surface area contributed by atoms with Gasteiger partial charge in [0.25, 0.3) is 37.8 Å². The second kappa shape index (κ2) is 16.6. The van der Waals surface area contributed by atoms with Crippen LogP contribution < -0.4 is 34.9 Å². The highest BCUT2D eigenvalue weighted by Crippen LogP contribution is 2.22. The van der Waals surface area contributed by atoms with Crippen LogP contribution >= 0.6 is 0 Å². The maximum absolute atomic E-state index is 12.4. The number of carbonyl (C=O) groups is 4. The predicted octanol–water partition coefficient (Wildman–Crippen LogP) is 3.27. The molecule has 17 heteroatoms. The fourth-order valence-electron chi connectivity index (χ4n) is 4.33. The maximum atomic E-state index is 12.4. The molecule has 0 radical (unpaired) electrons. The molecule has 4 aromatic rings. The Morgan fingerprint density at radius 1 is 0.608 bits per heavy atom. The van der Waals surface area contributed by atoms with Gasteiger partial charge in [-0.25, -0.2) is 31.1 Å². The van der Waals surface area contributed by atoms with E-state index < -0.39 is 37.9 Å². The summed E-state index contributed by atoms with van der Waals surface area (Å²) in [4.78, 5) is 47.5. The molecule has 1 aliphatic rings. The van der Waals surface area contributed by atoms with Gasteiger partial charge >= 0.3 is 6.03 Å². The lowest BCUT2D eigenvalue weighted by Gasteiger charge is -2.10.